The second-order valence-corrected chi connectivity index (χ2v) is 5.48. The lowest BCUT2D eigenvalue weighted by Gasteiger charge is -2.16. The molecule has 1 aromatic carbocycles. The molecule has 0 aliphatic carbocycles. The van der Waals surface area contributed by atoms with E-state index in [0.717, 1.165) is 5.56 Å². The fourth-order valence-electron chi connectivity index (χ4n) is 2.52. The number of primary amides is 1. The van der Waals surface area contributed by atoms with Crippen molar-refractivity contribution in [2.45, 2.75) is 19.8 Å². The molecule has 6 heteroatoms. The highest BCUT2D eigenvalue weighted by atomic mass is 16.5. The summed E-state index contributed by atoms with van der Waals surface area (Å²) in [6, 6.07) is 5.64. The molecular formula is C16H22N2O4. The van der Waals surface area contributed by atoms with E-state index in [1.54, 1.807) is 12.0 Å². The van der Waals surface area contributed by atoms with Crippen LogP contribution in [0.5, 0.6) is 11.5 Å². The van der Waals surface area contributed by atoms with E-state index >= 15 is 0 Å². The number of carbonyl (C=O) groups excluding carboxylic acids is 2. The van der Waals surface area contributed by atoms with Crippen molar-refractivity contribution < 1.29 is 19.1 Å². The first kappa shape index (κ1) is 16.1. The van der Waals surface area contributed by atoms with Crippen LogP contribution in [0.15, 0.2) is 18.2 Å². The van der Waals surface area contributed by atoms with Crippen LogP contribution in [0.3, 0.4) is 0 Å². The predicted molar refractivity (Wildman–Crippen MR) is 81.7 cm³/mol. The van der Waals surface area contributed by atoms with Crippen LogP contribution >= 0.6 is 0 Å². The maximum absolute atomic E-state index is 12.1. The minimum absolute atomic E-state index is 0.0187. The number of ether oxygens (including phenoxy) is 2. The second-order valence-electron chi connectivity index (χ2n) is 5.48. The van der Waals surface area contributed by atoms with Gasteiger partial charge in [0.2, 0.25) is 11.8 Å². The molecule has 0 saturated carbocycles. The Labute approximate surface area is 130 Å². The first-order valence-corrected chi connectivity index (χ1v) is 7.35. The van der Waals surface area contributed by atoms with Crippen molar-refractivity contribution in [2.24, 2.45) is 11.7 Å². The van der Waals surface area contributed by atoms with Crippen molar-refractivity contribution in [1.29, 1.82) is 0 Å². The molecule has 2 N–H and O–H groups in total. The normalized spacial score (nSPS) is 17.4. The SMILES string of the molecule is COc1cc(C)ccc1OCCC(=O)N1CCC(C(N)=O)C1. The van der Waals surface area contributed by atoms with Crippen LogP contribution in [-0.2, 0) is 9.59 Å². The summed E-state index contributed by atoms with van der Waals surface area (Å²) in [5.41, 5.74) is 6.34. The van der Waals surface area contributed by atoms with Crippen LogP contribution in [0, 0.1) is 12.8 Å². The largest absolute Gasteiger partial charge is 0.493 e. The number of carbonyl (C=O) groups is 2. The van der Waals surface area contributed by atoms with Crippen LogP contribution < -0.4 is 15.2 Å². The molecule has 2 amide bonds. The van der Waals surface area contributed by atoms with Crippen LogP contribution in [0.25, 0.3) is 0 Å². The monoisotopic (exact) mass is 306 g/mol. The molecule has 0 spiro atoms. The van der Waals surface area contributed by atoms with Gasteiger partial charge in [-0.15, -0.1) is 0 Å². The Hall–Kier alpha value is -2.24. The third-order valence-corrected chi connectivity index (χ3v) is 3.84. The van der Waals surface area contributed by atoms with Gasteiger partial charge in [-0.05, 0) is 31.0 Å². The summed E-state index contributed by atoms with van der Waals surface area (Å²) < 4.78 is 10.9. The van der Waals surface area contributed by atoms with Gasteiger partial charge in [-0.25, -0.2) is 0 Å². The summed E-state index contributed by atoms with van der Waals surface area (Å²) in [5.74, 6) is 0.701. The number of hydrogen-bond donors (Lipinski definition) is 1. The first-order valence-electron chi connectivity index (χ1n) is 7.35. The van der Waals surface area contributed by atoms with E-state index in [0.29, 0.717) is 31.0 Å². The summed E-state index contributed by atoms with van der Waals surface area (Å²) >= 11 is 0. The lowest BCUT2D eigenvalue weighted by molar-refractivity contribution is -0.131. The summed E-state index contributed by atoms with van der Waals surface area (Å²) in [4.78, 5) is 24.9. The van der Waals surface area contributed by atoms with Gasteiger partial charge in [0.15, 0.2) is 11.5 Å². The second kappa shape index (κ2) is 7.15. The molecule has 1 aliphatic heterocycles. The van der Waals surface area contributed by atoms with Gasteiger partial charge >= 0.3 is 0 Å². The number of methoxy groups -OCH3 is 1. The Morgan fingerprint density at radius 3 is 2.77 bits per heavy atom. The fourth-order valence-corrected chi connectivity index (χ4v) is 2.52. The average Bonchev–Trinajstić information content (AvgIpc) is 2.98. The molecule has 120 valence electrons. The maximum Gasteiger partial charge on any atom is 0.226 e. The molecule has 2 rings (SSSR count). The summed E-state index contributed by atoms with van der Waals surface area (Å²) in [6.07, 6.45) is 0.913. The smallest absolute Gasteiger partial charge is 0.226 e. The molecule has 1 aliphatic rings. The number of aryl methyl sites for hydroxylation is 1. The Balaban J connectivity index is 1.82. The minimum atomic E-state index is -0.337. The van der Waals surface area contributed by atoms with Gasteiger partial charge in [-0.2, -0.15) is 0 Å². The summed E-state index contributed by atoms with van der Waals surface area (Å²) in [5, 5.41) is 0. The number of benzene rings is 1. The highest BCUT2D eigenvalue weighted by Gasteiger charge is 2.29. The average molecular weight is 306 g/mol. The van der Waals surface area contributed by atoms with Crippen molar-refractivity contribution in [3.05, 3.63) is 23.8 Å². The summed E-state index contributed by atoms with van der Waals surface area (Å²) in [6.45, 7) is 3.25. The van der Waals surface area contributed by atoms with E-state index in [9.17, 15) is 9.59 Å². The molecule has 0 aromatic heterocycles. The number of nitrogens with two attached hydrogens (primary N) is 1. The van der Waals surface area contributed by atoms with Gasteiger partial charge in [-0.3, -0.25) is 9.59 Å². The van der Waals surface area contributed by atoms with E-state index in [4.69, 9.17) is 15.2 Å². The van der Waals surface area contributed by atoms with Gasteiger partial charge in [0.25, 0.3) is 0 Å². The lowest BCUT2D eigenvalue weighted by Crippen LogP contribution is -2.32. The van der Waals surface area contributed by atoms with E-state index in [-0.39, 0.29) is 30.8 Å². The van der Waals surface area contributed by atoms with Crippen molar-refractivity contribution in [2.75, 3.05) is 26.8 Å². The number of nitrogens with zero attached hydrogens (tertiary/aromatic N) is 1. The van der Waals surface area contributed by atoms with Crippen LogP contribution in [0.1, 0.15) is 18.4 Å². The molecule has 1 fully saturated rings. The number of likely N-dealkylation sites (tertiary alicyclic amines) is 1. The number of hydrogen-bond acceptors (Lipinski definition) is 4. The third kappa shape index (κ3) is 3.90. The Bertz CT molecular complexity index is 559. The van der Waals surface area contributed by atoms with Crippen molar-refractivity contribution in [1.82, 2.24) is 4.90 Å². The highest BCUT2D eigenvalue weighted by Crippen LogP contribution is 2.28. The van der Waals surface area contributed by atoms with E-state index in [1.165, 1.54) is 0 Å². The molecule has 1 heterocycles. The topological polar surface area (TPSA) is 81.9 Å². The first-order chi connectivity index (χ1) is 10.5. The Kier molecular flexibility index (Phi) is 5.25. The number of amides is 2. The summed E-state index contributed by atoms with van der Waals surface area (Å²) in [7, 11) is 1.58. The Morgan fingerprint density at radius 2 is 2.14 bits per heavy atom. The van der Waals surface area contributed by atoms with E-state index in [2.05, 4.69) is 0 Å². The molecule has 22 heavy (non-hydrogen) atoms. The third-order valence-electron chi connectivity index (χ3n) is 3.84. The van der Waals surface area contributed by atoms with Gasteiger partial charge in [0, 0.05) is 13.1 Å². The fraction of sp³-hybridized carbons (Fsp3) is 0.500. The van der Waals surface area contributed by atoms with Crippen molar-refractivity contribution in [3.63, 3.8) is 0 Å². The molecule has 1 unspecified atom stereocenters. The lowest BCUT2D eigenvalue weighted by atomic mass is 10.1. The predicted octanol–water partition coefficient (Wildman–Crippen LogP) is 1.11. The van der Waals surface area contributed by atoms with Crippen LogP contribution in [-0.4, -0.2) is 43.5 Å². The molecule has 6 nitrogen and oxygen atoms in total. The zero-order valence-electron chi connectivity index (χ0n) is 13.0. The van der Waals surface area contributed by atoms with Crippen molar-refractivity contribution in [3.8, 4) is 11.5 Å². The van der Waals surface area contributed by atoms with Crippen LogP contribution in [0.2, 0.25) is 0 Å². The van der Waals surface area contributed by atoms with E-state index in [1.807, 2.05) is 25.1 Å². The zero-order valence-corrected chi connectivity index (χ0v) is 13.0. The molecule has 0 radical (unpaired) electrons. The standard InChI is InChI=1S/C16H22N2O4/c1-11-3-4-13(14(9-11)21-2)22-8-6-15(19)18-7-5-12(10-18)16(17)20/h3-4,9,12H,5-8,10H2,1-2H3,(H2,17,20). The van der Waals surface area contributed by atoms with Gasteiger partial charge in [0.1, 0.15) is 0 Å². The van der Waals surface area contributed by atoms with Crippen LogP contribution in [0.4, 0.5) is 0 Å². The van der Waals surface area contributed by atoms with Gasteiger partial charge < -0.3 is 20.1 Å². The quantitative estimate of drug-likeness (QED) is 0.853. The Morgan fingerprint density at radius 1 is 1.36 bits per heavy atom. The minimum Gasteiger partial charge on any atom is -0.493 e. The van der Waals surface area contributed by atoms with Gasteiger partial charge in [-0.1, -0.05) is 6.07 Å². The molecule has 1 saturated heterocycles. The molecule has 1 atom stereocenters. The molecular weight excluding hydrogens is 284 g/mol. The van der Waals surface area contributed by atoms with Crippen molar-refractivity contribution >= 4 is 11.8 Å². The van der Waals surface area contributed by atoms with Gasteiger partial charge in [0.05, 0.1) is 26.1 Å². The maximum atomic E-state index is 12.1. The molecule has 1 aromatic rings. The highest BCUT2D eigenvalue weighted by molar-refractivity contribution is 5.81. The van der Waals surface area contributed by atoms with E-state index < -0.39 is 0 Å². The number of rotatable bonds is 6. The zero-order chi connectivity index (χ0) is 16.1. The molecule has 0 bridgehead atoms.